The van der Waals surface area contributed by atoms with Gasteiger partial charge in [-0.15, -0.1) is 0 Å². The molecule has 10 aliphatic rings. The molecule has 12 N–H and O–H groups in total. The van der Waals surface area contributed by atoms with E-state index in [1.165, 1.54) is 6.92 Å². The Labute approximate surface area is 487 Å². The highest BCUT2D eigenvalue weighted by Gasteiger charge is 2.72. The summed E-state index contributed by atoms with van der Waals surface area (Å²) in [5.74, 6) is 0.456. The summed E-state index contributed by atoms with van der Waals surface area (Å²) in [7, 11) is 0. The molecule has 0 unspecified atom stereocenters. The van der Waals surface area contributed by atoms with Crippen LogP contribution in [0.4, 0.5) is 0 Å². The second-order valence-electron chi connectivity index (χ2n) is 29.2. The molecule has 5 saturated carbocycles. The highest BCUT2D eigenvalue weighted by atomic mass is 16.8. The number of carbonyl (C=O) groups excluding carboxylic acids is 1. The minimum atomic E-state index is -1.95. The standard InChI is InChI=1S/C60H100O23/c1-11-31-32(77-50-43(69)40(66)39(65)33(24-61)78-50)22-26(2)49(76-31)83-54(73)60-20-18-55(4,5)23-29(60)28-12-13-35-57(8)16-15-36(56(6,7)34(57)14-17-59(35,10)58(28,9)19-21-60)79-53-47(38(64)30(62)25-74-53)81-52-45(71)46(37(63)27(3)75-52)80-51-44(70)41(67)42(68)48(72)82-51/h26-53,61-72H,11-25H2,1-10H3/t26-,27-,28-,29-,30-,31-,32-,33-,34+,35-,36+,37-,38-,39-,40+,41-,42+,43-,44+,45+,46+,47+,48+,49+,50-,51-,52+,53+,57+,58-,59-,60+/m1/s1. The first kappa shape index (κ1) is 64.6. The van der Waals surface area contributed by atoms with E-state index in [4.69, 9.17) is 47.4 Å². The fraction of sp³-hybridized carbons (Fsp3) is 0.983. The minimum absolute atomic E-state index is 0.0195. The number of ether oxygens (including phenoxy) is 10. The van der Waals surface area contributed by atoms with Crippen LogP contribution in [0.25, 0.3) is 0 Å². The Bertz CT molecular complexity index is 2240. The number of aliphatic hydroxyl groups excluding tert-OH is 12. The van der Waals surface area contributed by atoms with Gasteiger partial charge in [-0.2, -0.15) is 0 Å². The van der Waals surface area contributed by atoms with E-state index < -0.39 is 159 Å². The maximum Gasteiger partial charge on any atom is 0.314 e. The van der Waals surface area contributed by atoms with E-state index in [0.29, 0.717) is 31.6 Å². The van der Waals surface area contributed by atoms with Crippen LogP contribution in [0.3, 0.4) is 0 Å². The Morgan fingerprint density at radius 2 is 1.18 bits per heavy atom. The molecule has 0 spiro atoms. The zero-order chi connectivity index (χ0) is 60.4. The molecule has 478 valence electrons. The van der Waals surface area contributed by atoms with Crippen molar-refractivity contribution in [1.29, 1.82) is 0 Å². The smallest absolute Gasteiger partial charge is 0.314 e. The second-order valence-corrected chi connectivity index (χ2v) is 29.2. The van der Waals surface area contributed by atoms with Gasteiger partial charge in [0.2, 0.25) is 6.29 Å². The molecule has 5 heterocycles. The van der Waals surface area contributed by atoms with Crippen molar-refractivity contribution in [2.24, 2.45) is 62.1 Å². The number of carbonyl (C=O) groups is 1. The third-order valence-electron chi connectivity index (χ3n) is 23.8. The van der Waals surface area contributed by atoms with Gasteiger partial charge in [-0.25, -0.2) is 0 Å². The van der Waals surface area contributed by atoms with E-state index in [0.717, 1.165) is 57.8 Å². The summed E-state index contributed by atoms with van der Waals surface area (Å²) in [6.07, 6.45) is -21.5. The summed E-state index contributed by atoms with van der Waals surface area (Å²) < 4.78 is 61.3. The summed E-state index contributed by atoms with van der Waals surface area (Å²) >= 11 is 0. The quantitative estimate of drug-likeness (QED) is 0.0965. The van der Waals surface area contributed by atoms with Crippen LogP contribution < -0.4 is 0 Å². The Morgan fingerprint density at radius 1 is 0.542 bits per heavy atom. The fourth-order valence-corrected chi connectivity index (χ4v) is 18.6. The van der Waals surface area contributed by atoms with Crippen LogP contribution in [0.5, 0.6) is 0 Å². The molecular formula is C60H100O23. The van der Waals surface area contributed by atoms with Crippen molar-refractivity contribution >= 4 is 5.97 Å². The average molecular weight is 1190 g/mol. The second kappa shape index (κ2) is 23.8. The van der Waals surface area contributed by atoms with E-state index in [2.05, 4.69) is 48.5 Å². The molecule has 83 heavy (non-hydrogen) atoms. The third kappa shape index (κ3) is 11.0. The van der Waals surface area contributed by atoms with Gasteiger partial charge >= 0.3 is 5.97 Å². The van der Waals surface area contributed by atoms with Crippen molar-refractivity contribution < 1.29 is 113 Å². The van der Waals surface area contributed by atoms with Crippen molar-refractivity contribution in [3.8, 4) is 0 Å². The van der Waals surface area contributed by atoms with Crippen LogP contribution in [-0.4, -0.2) is 222 Å². The van der Waals surface area contributed by atoms with E-state index in [-0.39, 0.29) is 57.9 Å². The summed E-state index contributed by atoms with van der Waals surface area (Å²) in [5, 5.41) is 128. The molecule has 0 amide bonds. The number of aliphatic hydroxyl groups is 12. The van der Waals surface area contributed by atoms with Crippen LogP contribution >= 0.6 is 0 Å². The largest absolute Gasteiger partial charge is 0.435 e. The summed E-state index contributed by atoms with van der Waals surface area (Å²) in [6, 6.07) is 0. The molecule has 10 rings (SSSR count). The Morgan fingerprint density at radius 3 is 1.87 bits per heavy atom. The monoisotopic (exact) mass is 1190 g/mol. The molecule has 0 aromatic rings. The van der Waals surface area contributed by atoms with Crippen molar-refractivity contribution in [2.75, 3.05) is 13.2 Å². The van der Waals surface area contributed by atoms with Gasteiger partial charge in [0, 0.05) is 5.92 Å². The van der Waals surface area contributed by atoms with Gasteiger partial charge in [0.05, 0.1) is 43.0 Å². The lowest BCUT2D eigenvalue weighted by Crippen LogP contribution is -2.68. The molecule has 10 fully saturated rings. The van der Waals surface area contributed by atoms with Gasteiger partial charge in [-0.1, -0.05) is 62.3 Å². The van der Waals surface area contributed by atoms with Crippen molar-refractivity contribution in [3.05, 3.63) is 0 Å². The number of rotatable bonds is 12. The Hall–Kier alpha value is -1.37. The molecule has 5 aliphatic heterocycles. The first-order chi connectivity index (χ1) is 38.9. The van der Waals surface area contributed by atoms with E-state index in [1.54, 1.807) is 0 Å². The lowest BCUT2D eigenvalue weighted by atomic mass is 9.31. The first-order valence-corrected chi connectivity index (χ1v) is 31.0. The average Bonchev–Trinajstić information content (AvgIpc) is 0.777. The van der Waals surface area contributed by atoms with Gasteiger partial charge in [-0.3, -0.25) is 4.79 Å². The maximum absolute atomic E-state index is 15.3. The molecule has 5 saturated heterocycles. The zero-order valence-corrected chi connectivity index (χ0v) is 50.1. The van der Waals surface area contributed by atoms with Crippen LogP contribution in [-0.2, 0) is 52.2 Å². The SMILES string of the molecule is CC[C@H]1O[C@@H](OC(=O)[C@]23CCC(C)(C)C[C@@H]2[C@H]2CC[C@@H]4[C@@]5(C)CC[C@H](O[C@@H]6OC[C@@H](O)[C@@H](O)[C@@H]6O[C@@H]6O[C@H](C)[C@@H](O)[C@H](O[C@@H]7O[C@H](O)[C@@H](O)[C@@H](O)[C@@H]7O)[C@@H]6O)C(C)(C)[C@@H]5CC[C@@]4(C)[C@]2(C)CC3)[C@H](C)C[C@H]1O[C@@H]1O[C@H](CO)[C@@H](O)[C@H](O)[C@H]1O. The highest BCUT2D eigenvalue weighted by molar-refractivity contribution is 5.78. The predicted octanol–water partition coefficient (Wildman–Crippen LogP) is 1.22. The van der Waals surface area contributed by atoms with Crippen LogP contribution in [0.1, 0.15) is 153 Å². The molecule has 0 aromatic carbocycles. The van der Waals surface area contributed by atoms with Gasteiger partial charge < -0.3 is 109 Å². The molecule has 0 aromatic heterocycles. The Balaban J connectivity index is 0.820. The van der Waals surface area contributed by atoms with Crippen molar-refractivity contribution in [1.82, 2.24) is 0 Å². The van der Waals surface area contributed by atoms with Crippen molar-refractivity contribution in [2.45, 2.75) is 294 Å². The van der Waals surface area contributed by atoms with E-state index >= 15 is 4.79 Å². The molecule has 5 aliphatic carbocycles. The highest BCUT2D eigenvalue weighted by Crippen LogP contribution is 2.77. The van der Waals surface area contributed by atoms with Gasteiger partial charge in [-0.05, 0) is 141 Å². The summed E-state index contributed by atoms with van der Waals surface area (Å²) in [6.45, 7) is 21.2. The van der Waals surface area contributed by atoms with Gasteiger partial charge in [0.1, 0.15) is 79.4 Å². The molecule has 23 nitrogen and oxygen atoms in total. The third-order valence-corrected chi connectivity index (χ3v) is 23.8. The number of hydrogen-bond acceptors (Lipinski definition) is 23. The lowest BCUT2D eigenvalue weighted by Gasteiger charge is -2.73. The molecule has 32 atom stereocenters. The normalized spacial score (nSPS) is 55.2. The minimum Gasteiger partial charge on any atom is -0.435 e. The molecular weight excluding hydrogens is 1090 g/mol. The van der Waals surface area contributed by atoms with Crippen LogP contribution in [0.2, 0.25) is 0 Å². The molecule has 0 radical (unpaired) electrons. The van der Waals surface area contributed by atoms with Gasteiger partial charge in [0.25, 0.3) is 0 Å². The van der Waals surface area contributed by atoms with Crippen LogP contribution in [0, 0.1) is 62.1 Å². The van der Waals surface area contributed by atoms with Gasteiger partial charge in [0.15, 0.2) is 31.5 Å². The fourth-order valence-electron chi connectivity index (χ4n) is 18.6. The van der Waals surface area contributed by atoms with E-state index in [1.807, 2.05) is 13.8 Å². The lowest BCUT2D eigenvalue weighted by molar-refractivity contribution is -0.391. The predicted molar refractivity (Wildman–Crippen MR) is 288 cm³/mol. The maximum atomic E-state index is 15.3. The van der Waals surface area contributed by atoms with E-state index in [9.17, 15) is 61.3 Å². The number of esters is 1. The zero-order valence-electron chi connectivity index (χ0n) is 50.1. The topological polar surface area (TPSA) is 352 Å². The number of fused-ring (bicyclic) bond motifs is 7. The summed E-state index contributed by atoms with van der Waals surface area (Å²) in [4.78, 5) is 15.3. The van der Waals surface area contributed by atoms with Crippen molar-refractivity contribution in [3.63, 3.8) is 0 Å². The molecule has 23 heteroatoms. The number of hydrogen-bond donors (Lipinski definition) is 12. The summed E-state index contributed by atoms with van der Waals surface area (Å²) in [5.41, 5.74) is -1.34. The van der Waals surface area contributed by atoms with Crippen LogP contribution in [0.15, 0.2) is 0 Å². The first-order valence-electron chi connectivity index (χ1n) is 31.0. The Kier molecular flexibility index (Phi) is 18.5. The molecule has 0 bridgehead atoms.